The van der Waals surface area contributed by atoms with Crippen LogP contribution in [0, 0.1) is 5.92 Å². The molecule has 1 N–H and O–H groups in total. The van der Waals surface area contributed by atoms with E-state index in [4.69, 9.17) is 9.47 Å². The van der Waals surface area contributed by atoms with Gasteiger partial charge in [-0.05, 0) is 65.4 Å². The SMILES string of the molecule is C=C(/C=C/C=C(\C)[C@H]1O[C@@H](CC)CC[C@@H]1C)CC(C)(C)O[C@H](C)[C@H](C)O. The second-order valence-electron chi connectivity index (χ2n) is 8.57. The van der Waals surface area contributed by atoms with Crippen LogP contribution in [0.4, 0.5) is 0 Å². The van der Waals surface area contributed by atoms with E-state index in [1.54, 1.807) is 6.92 Å². The molecule has 150 valence electrons. The maximum absolute atomic E-state index is 9.62. The molecule has 0 bridgehead atoms. The molecule has 0 aliphatic carbocycles. The summed E-state index contributed by atoms with van der Waals surface area (Å²) in [6.07, 6.45) is 10.4. The lowest BCUT2D eigenvalue weighted by atomic mass is 9.88. The Balaban J connectivity index is 2.60. The molecule has 1 aliphatic heterocycles. The zero-order valence-corrected chi connectivity index (χ0v) is 17.9. The topological polar surface area (TPSA) is 38.7 Å². The van der Waals surface area contributed by atoms with E-state index in [1.165, 1.54) is 18.4 Å². The summed E-state index contributed by atoms with van der Waals surface area (Å²) < 4.78 is 12.2. The summed E-state index contributed by atoms with van der Waals surface area (Å²) >= 11 is 0. The lowest BCUT2D eigenvalue weighted by Gasteiger charge is -2.35. The molecule has 26 heavy (non-hydrogen) atoms. The minimum atomic E-state index is -0.479. The van der Waals surface area contributed by atoms with Crippen LogP contribution in [0.15, 0.2) is 36.0 Å². The summed E-state index contributed by atoms with van der Waals surface area (Å²) in [5.41, 5.74) is 1.94. The fraction of sp³-hybridized carbons (Fsp3) is 0.739. The average molecular weight is 365 g/mol. The van der Waals surface area contributed by atoms with Gasteiger partial charge < -0.3 is 14.6 Å². The van der Waals surface area contributed by atoms with E-state index in [0.29, 0.717) is 12.0 Å². The number of ether oxygens (including phenoxy) is 2. The minimum Gasteiger partial charge on any atom is -0.391 e. The van der Waals surface area contributed by atoms with Crippen molar-refractivity contribution in [2.75, 3.05) is 0 Å². The van der Waals surface area contributed by atoms with Gasteiger partial charge in [-0.2, -0.15) is 0 Å². The van der Waals surface area contributed by atoms with Crippen molar-refractivity contribution < 1.29 is 14.6 Å². The van der Waals surface area contributed by atoms with Gasteiger partial charge in [-0.15, -0.1) is 0 Å². The van der Waals surface area contributed by atoms with Crippen molar-refractivity contribution in [1.82, 2.24) is 0 Å². The Labute approximate surface area is 161 Å². The Bertz CT molecular complexity index is 502. The fourth-order valence-electron chi connectivity index (χ4n) is 3.55. The summed E-state index contributed by atoms with van der Waals surface area (Å²) in [6, 6.07) is 0. The average Bonchev–Trinajstić information content (AvgIpc) is 2.53. The van der Waals surface area contributed by atoms with Crippen molar-refractivity contribution in [1.29, 1.82) is 0 Å². The molecular weight excluding hydrogens is 324 g/mol. The van der Waals surface area contributed by atoms with E-state index in [9.17, 15) is 5.11 Å². The Hall–Kier alpha value is -0.900. The molecule has 0 unspecified atom stereocenters. The third kappa shape index (κ3) is 7.77. The molecule has 3 nitrogen and oxygen atoms in total. The van der Waals surface area contributed by atoms with Crippen molar-refractivity contribution in [3.8, 4) is 0 Å². The van der Waals surface area contributed by atoms with E-state index < -0.39 is 6.10 Å². The van der Waals surface area contributed by atoms with Crippen LogP contribution >= 0.6 is 0 Å². The van der Waals surface area contributed by atoms with Gasteiger partial charge in [-0.3, -0.25) is 0 Å². The maximum Gasteiger partial charge on any atom is 0.0814 e. The van der Waals surface area contributed by atoms with Gasteiger partial charge in [0, 0.05) is 6.42 Å². The summed E-state index contributed by atoms with van der Waals surface area (Å²) in [4.78, 5) is 0. The molecule has 0 spiro atoms. The molecule has 1 rings (SSSR count). The normalized spacial score (nSPS) is 27.5. The predicted molar refractivity (Wildman–Crippen MR) is 110 cm³/mol. The third-order valence-corrected chi connectivity index (χ3v) is 5.23. The van der Waals surface area contributed by atoms with Gasteiger partial charge >= 0.3 is 0 Å². The molecule has 0 amide bonds. The van der Waals surface area contributed by atoms with Crippen LogP contribution in [0.2, 0.25) is 0 Å². The second-order valence-corrected chi connectivity index (χ2v) is 8.57. The van der Waals surface area contributed by atoms with Crippen molar-refractivity contribution >= 4 is 0 Å². The monoisotopic (exact) mass is 364 g/mol. The molecule has 1 fully saturated rings. The standard InChI is InChI=1S/C23H40O3/c1-9-21-14-13-18(4)22(25-21)17(3)12-10-11-16(2)15-23(7,8)26-20(6)19(5)24/h10-12,18-22,24H,2,9,13-15H2,1,3-8H3/b11-10+,17-12+/t18-,19-,20+,21-,22+/m0/s1. The van der Waals surface area contributed by atoms with E-state index >= 15 is 0 Å². The predicted octanol–water partition coefficient (Wildman–Crippen LogP) is 5.59. The first-order valence-corrected chi connectivity index (χ1v) is 10.1. The lowest BCUT2D eigenvalue weighted by molar-refractivity contribution is -0.105. The van der Waals surface area contributed by atoms with E-state index in [0.717, 1.165) is 18.4 Å². The number of aliphatic hydroxyl groups is 1. The first-order valence-electron chi connectivity index (χ1n) is 10.1. The second kappa shape index (κ2) is 10.4. The molecule has 0 radical (unpaired) electrons. The number of allylic oxidation sites excluding steroid dienone is 3. The quantitative estimate of drug-likeness (QED) is 0.542. The molecule has 0 aromatic carbocycles. The molecule has 1 heterocycles. The van der Waals surface area contributed by atoms with Gasteiger partial charge in [0.1, 0.15) is 0 Å². The van der Waals surface area contributed by atoms with Crippen LogP contribution in [0.25, 0.3) is 0 Å². The summed E-state index contributed by atoms with van der Waals surface area (Å²) in [5, 5.41) is 9.62. The Morgan fingerprint density at radius 1 is 1.35 bits per heavy atom. The Kier molecular flexibility index (Phi) is 9.29. The van der Waals surface area contributed by atoms with E-state index in [2.05, 4.69) is 39.5 Å². The summed E-state index contributed by atoms with van der Waals surface area (Å²) in [7, 11) is 0. The molecule has 0 aromatic rings. The van der Waals surface area contributed by atoms with Gasteiger partial charge in [0.25, 0.3) is 0 Å². The third-order valence-electron chi connectivity index (χ3n) is 5.23. The van der Waals surface area contributed by atoms with E-state index in [1.807, 2.05) is 26.8 Å². The number of aliphatic hydroxyl groups excluding tert-OH is 1. The van der Waals surface area contributed by atoms with Crippen molar-refractivity contribution in [2.45, 2.75) is 104 Å². The largest absolute Gasteiger partial charge is 0.391 e. The minimum absolute atomic E-state index is 0.194. The van der Waals surface area contributed by atoms with E-state index in [-0.39, 0.29) is 17.8 Å². The molecule has 1 saturated heterocycles. The first kappa shape index (κ1) is 23.1. The Morgan fingerprint density at radius 3 is 2.58 bits per heavy atom. The van der Waals surface area contributed by atoms with Gasteiger partial charge in [0.15, 0.2) is 0 Å². The van der Waals surface area contributed by atoms with Gasteiger partial charge in [-0.25, -0.2) is 0 Å². The summed E-state index contributed by atoms with van der Waals surface area (Å²) in [5.74, 6) is 0.569. The molecular formula is C23H40O3. The lowest BCUT2D eigenvalue weighted by Crippen LogP contribution is -2.34. The maximum atomic E-state index is 9.62. The molecule has 3 heteroatoms. The number of rotatable bonds is 9. The fourth-order valence-corrected chi connectivity index (χ4v) is 3.55. The number of hydrogen-bond donors (Lipinski definition) is 1. The van der Waals surface area contributed by atoms with Crippen LogP contribution in [0.5, 0.6) is 0 Å². The smallest absolute Gasteiger partial charge is 0.0814 e. The highest BCUT2D eigenvalue weighted by atomic mass is 16.5. The molecule has 0 saturated carbocycles. The molecule has 0 aromatic heterocycles. The number of hydrogen-bond acceptors (Lipinski definition) is 3. The van der Waals surface area contributed by atoms with Gasteiger partial charge in [0.05, 0.1) is 30.0 Å². The van der Waals surface area contributed by atoms with Crippen molar-refractivity contribution in [2.24, 2.45) is 5.92 Å². The van der Waals surface area contributed by atoms with Crippen molar-refractivity contribution in [3.05, 3.63) is 36.0 Å². The van der Waals surface area contributed by atoms with Crippen LogP contribution in [0.3, 0.4) is 0 Å². The van der Waals surface area contributed by atoms with Crippen LogP contribution in [0.1, 0.15) is 74.1 Å². The summed E-state index contributed by atoms with van der Waals surface area (Å²) in [6.45, 7) is 18.5. The van der Waals surface area contributed by atoms with Crippen LogP contribution in [-0.4, -0.2) is 35.1 Å². The molecule has 5 atom stereocenters. The molecule has 1 aliphatic rings. The van der Waals surface area contributed by atoms with Crippen molar-refractivity contribution in [3.63, 3.8) is 0 Å². The highest BCUT2D eigenvalue weighted by molar-refractivity contribution is 5.24. The van der Waals surface area contributed by atoms with Gasteiger partial charge in [0.2, 0.25) is 0 Å². The van der Waals surface area contributed by atoms with Crippen LogP contribution in [-0.2, 0) is 9.47 Å². The van der Waals surface area contributed by atoms with Crippen LogP contribution < -0.4 is 0 Å². The zero-order chi connectivity index (χ0) is 19.9. The Morgan fingerprint density at radius 2 is 2.00 bits per heavy atom. The van der Waals surface area contributed by atoms with Gasteiger partial charge in [-0.1, -0.05) is 44.2 Å². The zero-order valence-electron chi connectivity index (χ0n) is 17.9. The highest BCUT2D eigenvalue weighted by Crippen LogP contribution is 2.30. The highest BCUT2D eigenvalue weighted by Gasteiger charge is 2.28. The first-order chi connectivity index (χ1) is 12.1.